The largest absolute Gasteiger partial charge is 0.304 e. The van der Waals surface area contributed by atoms with E-state index in [-0.39, 0.29) is 16.9 Å². The van der Waals surface area contributed by atoms with Crippen LogP contribution < -0.4 is 5.32 Å². The lowest BCUT2D eigenvalue weighted by Gasteiger charge is -2.05. The quantitative estimate of drug-likeness (QED) is 0.750. The highest BCUT2D eigenvalue weighted by Crippen LogP contribution is 2.17. The molecule has 0 unspecified atom stereocenters. The number of halogens is 1. The number of H-pyrrole nitrogens is 1. The van der Waals surface area contributed by atoms with Crippen molar-refractivity contribution < 1.29 is 4.79 Å². The maximum Gasteiger partial charge on any atom is 0.256 e. The number of fused-ring (bicyclic) bond motifs is 1. The Kier molecular flexibility index (Phi) is 2.85. The van der Waals surface area contributed by atoms with Gasteiger partial charge in [-0.05, 0) is 12.1 Å². The fourth-order valence-corrected chi connectivity index (χ4v) is 1.82. The number of hydrogen-bond acceptors (Lipinski definition) is 4. The van der Waals surface area contributed by atoms with Crippen LogP contribution in [0.5, 0.6) is 0 Å². The van der Waals surface area contributed by atoms with E-state index in [1.807, 2.05) is 6.07 Å². The van der Waals surface area contributed by atoms with Crippen LogP contribution in [0.4, 0.5) is 5.82 Å². The van der Waals surface area contributed by atoms with Crippen LogP contribution in [0.15, 0.2) is 36.8 Å². The maximum atomic E-state index is 12.1. The third kappa shape index (κ3) is 2.25. The Morgan fingerprint density at radius 1 is 1.26 bits per heavy atom. The minimum absolute atomic E-state index is 0.151. The molecule has 0 saturated carbocycles. The van der Waals surface area contributed by atoms with Gasteiger partial charge in [0.2, 0.25) is 0 Å². The Labute approximate surface area is 112 Å². The molecule has 1 aromatic carbocycles. The fourth-order valence-electron chi connectivity index (χ4n) is 1.66. The van der Waals surface area contributed by atoms with Crippen LogP contribution in [0.2, 0.25) is 5.15 Å². The standard InChI is InChI=1S/C12H8ClN5O/c13-10-11(15-4-3-14-10)17-12(19)7-1-2-8-6-16-18-9(8)5-7/h1-6H,(H,16,18)(H,15,17,19). The summed E-state index contributed by atoms with van der Waals surface area (Å²) in [5.74, 6) is -0.0715. The molecule has 0 spiro atoms. The number of aromatic amines is 1. The van der Waals surface area contributed by atoms with Crippen molar-refractivity contribution in [1.82, 2.24) is 20.2 Å². The molecule has 3 rings (SSSR count). The van der Waals surface area contributed by atoms with Crippen molar-refractivity contribution in [3.8, 4) is 0 Å². The molecule has 1 amide bonds. The van der Waals surface area contributed by atoms with Crippen LogP contribution in [0, 0.1) is 0 Å². The van der Waals surface area contributed by atoms with Crippen LogP contribution in [0.3, 0.4) is 0 Å². The van der Waals surface area contributed by atoms with Gasteiger partial charge in [-0.2, -0.15) is 5.10 Å². The van der Waals surface area contributed by atoms with Gasteiger partial charge in [-0.25, -0.2) is 9.97 Å². The van der Waals surface area contributed by atoms with Crippen molar-refractivity contribution in [3.05, 3.63) is 47.5 Å². The molecule has 0 aliphatic carbocycles. The highest BCUT2D eigenvalue weighted by Gasteiger charge is 2.10. The highest BCUT2D eigenvalue weighted by molar-refractivity contribution is 6.32. The van der Waals surface area contributed by atoms with E-state index in [0.717, 1.165) is 10.9 Å². The molecule has 0 aliphatic heterocycles. The predicted molar refractivity (Wildman–Crippen MR) is 71.1 cm³/mol. The second kappa shape index (κ2) is 4.66. The number of rotatable bonds is 2. The first-order chi connectivity index (χ1) is 9.24. The molecule has 7 heteroatoms. The van der Waals surface area contributed by atoms with Crippen molar-refractivity contribution >= 4 is 34.2 Å². The van der Waals surface area contributed by atoms with Gasteiger partial charge < -0.3 is 5.32 Å². The molecule has 0 fully saturated rings. The first kappa shape index (κ1) is 11.6. The van der Waals surface area contributed by atoms with Crippen molar-refractivity contribution in [2.24, 2.45) is 0 Å². The number of carbonyl (C=O) groups is 1. The van der Waals surface area contributed by atoms with Gasteiger partial charge in [-0.1, -0.05) is 17.7 Å². The average molecular weight is 274 g/mol. The lowest BCUT2D eigenvalue weighted by Crippen LogP contribution is -2.13. The summed E-state index contributed by atoms with van der Waals surface area (Å²) in [4.78, 5) is 19.8. The first-order valence-corrected chi connectivity index (χ1v) is 5.83. The molecular weight excluding hydrogens is 266 g/mol. The van der Waals surface area contributed by atoms with Gasteiger partial charge >= 0.3 is 0 Å². The van der Waals surface area contributed by atoms with Crippen LogP contribution in [-0.4, -0.2) is 26.1 Å². The molecule has 2 heterocycles. The minimum Gasteiger partial charge on any atom is -0.304 e. The minimum atomic E-state index is -0.307. The monoisotopic (exact) mass is 273 g/mol. The molecule has 2 N–H and O–H groups in total. The number of hydrogen-bond donors (Lipinski definition) is 2. The molecule has 94 valence electrons. The topological polar surface area (TPSA) is 83.6 Å². The maximum absolute atomic E-state index is 12.1. The summed E-state index contributed by atoms with van der Waals surface area (Å²) < 4.78 is 0. The summed E-state index contributed by atoms with van der Waals surface area (Å²) in [5, 5.41) is 10.4. The molecule has 0 bridgehead atoms. The van der Waals surface area contributed by atoms with E-state index in [0.29, 0.717) is 5.56 Å². The van der Waals surface area contributed by atoms with E-state index in [1.165, 1.54) is 12.4 Å². The lowest BCUT2D eigenvalue weighted by molar-refractivity contribution is 0.102. The summed E-state index contributed by atoms with van der Waals surface area (Å²) in [6.45, 7) is 0. The van der Waals surface area contributed by atoms with E-state index < -0.39 is 0 Å². The number of anilines is 1. The SMILES string of the molecule is O=C(Nc1nccnc1Cl)c1ccc2cn[nH]c2c1. The second-order valence-corrected chi connectivity index (χ2v) is 4.18. The predicted octanol–water partition coefficient (Wildman–Crippen LogP) is 2.26. The van der Waals surface area contributed by atoms with Crippen LogP contribution in [0.1, 0.15) is 10.4 Å². The lowest BCUT2D eigenvalue weighted by atomic mass is 10.1. The number of nitrogens with zero attached hydrogens (tertiary/aromatic N) is 3. The zero-order valence-electron chi connectivity index (χ0n) is 9.59. The Morgan fingerprint density at radius 3 is 2.95 bits per heavy atom. The van der Waals surface area contributed by atoms with E-state index in [9.17, 15) is 4.79 Å². The van der Waals surface area contributed by atoms with Crippen molar-refractivity contribution in [3.63, 3.8) is 0 Å². The van der Waals surface area contributed by atoms with Gasteiger partial charge in [-0.15, -0.1) is 0 Å². The molecule has 0 radical (unpaired) electrons. The number of benzene rings is 1. The van der Waals surface area contributed by atoms with Crippen molar-refractivity contribution in [1.29, 1.82) is 0 Å². The molecule has 0 aliphatic rings. The summed E-state index contributed by atoms with van der Waals surface area (Å²) in [6.07, 6.45) is 4.60. The average Bonchev–Trinajstić information content (AvgIpc) is 2.88. The van der Waals surface area contributed by atoms with Crippen molar-refractivity contribution in [2.45, 2.75) is 0 Å². The number of carbonyl (C=O) groups excluding carboxylic acids is 1. The molecule has 0 atom stereocenters. The van der Waals surface area contributed by atoms with E-state index in [2.05, 4.69) is 25.5 Å². The second-order valence-electron chi connectivity index (χ2n) is 3.82. The van der Waals surface area contributed by atoms with Gasteiger partial charge in [0.1, 0.15) is 0 Å². The van der Waals surface area contributed by atoms with Gasteiger partial charge in [0.15, 0.2) is 11.0 Å². The summed E-state index contributed by atoms with van der Waals surface area (Å²) >= 11 is 5.83. The Hall–Kier alpha value is -2.47. The van der Waals surface area contributed by atoms with Gasteiger partial charge in [0, 0.05) is 23.3 Å². The molecule has 2 aromatic heterocycles. The third-order valence-electron chi connectivity index (χ3n) is 2.59. The Morgan fingerprint density at radius 2 is 2.11 bits per heavy atom. The molecule has 19 heavy (non-hydrogen) atoms. The van der Waals surface area contributed by atoms with Gasteiger partial charge in [0.25, 0.3) is 5.91 Å². The van der Waals surface area contributed by atoms with Crippen LogP contribution >= 0.6 is 11.6 Å². The summed E-state index contributed by atoms with van der Waals surface area (Å²) in [7, 11) is 0. The number of aromatic nitrogens is 4. The highest BCUT2D eigenvalue weighted by atomic mass is 35.5. The normalized spacial score (nSPS) is 10.6. The van der Waals surface area contributed by atoms with Gasteiger partial charge in [0.05, 0.1) is 11.7 Å². The Bertz CT molecular complexity index is 754. The molecule has 3 aromatic rings. The number of nitrogens with one attached hydrogen (secondary N) is 2. The first-order valence-electron chi connectivity index (χ1n) is 5.45. The van der Waals surface area contributed by atoms with E-state index in [1.54, 1.807) is 18.3 Å². The van der Waals surface area contributed by atoms with Crippen LogP contribution in [-0.2, 0) is 0 Å². The smallest absolute Gasteiger partial charge is 0.256 e. The van der Waals surface area contributed by atoms with E-state index in [4.69, 9.17) is 11.6 Å². The molecule has 0 saturated heterocycles. The van der Waals surface area contributed by atoms with E-state index >= 15 is 0 Å². The molecule has 6 nitrogen and oxygen atoms in total. The zero-order chi connectivity index (χ0) is 13.2. The number of amides is 1. The van der Waals surface area contributed by atoms with Crippen molar-refractivity contribution in [2.75, 3.05) is 5.32 Å². The zero-order valence-corrected chi connectivity index (χ0v) is 10.3. The van der Waals surface area contributed by atoms with Gasteiger partial charge in [-0.3, -0.25) is 9.89 Å². The Balaban J connectivity index is 1.89. The fraction of sp³-hybridized carbons (Fsp3) is 0. The molecular formula is C12H8ClN5O. The summed E-state index contributed by atoms with van der Waals surface area (Å²) in [6, 6.07) is 5.23. The van der Waals surface area contributed by atoms with Crippen LogP contribution in [0.25, 0.3) is 10.9 Å². The summed E-state index contributed by atoms with van der Waals surface area (Å²) in [5.41, 5.74) is 1.27. The third-order valence-corrected chi connectivity index (χ3v) is 2.87.